The minimum absolute atomic E-state index is 0.104. The minimum atomic E-state index is 0.104. The lowest BCUT2D eigenvalue weighted by molar-refractivity contribution is 0.557. The van der Waals surface area contributed by atoms with E-state index in [1.54, 1.807) is 0 Å². The molecule has 3 rings (SSSR count). The fourth-order valence-corrected chi connectivity index (χ4v) is 2.58. The van der Waals surface area contributed by atoms with E-state index in [1.807, 2.05) is 30.5 Å². The fourth-order valence-electron chi connectivity index (χ4n) is 2.32. The Morgan fingerprint density at radius 3 is 2.78 bits per heavy atom. The number of rotatable bonds is 1. The second-order valence-corrected chi connectivity index (χ2v) is 5.52. The molecule has 0 spiro atoms. The van der Waals surface area contributed by atoms with Gasteiger partial charge in [-0.05, 0) is 31.4 Å². The molecule has 3 nitrogen and oxygen atoms in total. The van der Waals surface area contributed by atoms with Crippen LogP contribution in [0.5, 0.6) is 0 Å². The molecule has 0 aliphatic heterocycles. The first-order chi connectivity index (χ1) is 8.74. The van der Waals surface area contributed by atoms with Gasteiger partial charge in [-0.25, -0.2) is 9.97 Å². The summed E-state index contributed by atoms with van der Waals surface area (Å²) in [5, 5.41) is 0. The number of benzene rings is 1. The van der Waals surface area contributed by atoms with Gasteiger partial charge in [0.25, 0.3) is 0 Å². The largest absolute Gasteiger partial charge is 0.324 e. The van der Waals surface area contributed by atoms with Crippen molar-refractivity contribution in [3.05, 3.63) is 46.2 Å². The molecule has 92 valence electrons. The molecule has 4 heteroatoms. The van der Waals surface area contributed by atoms with E-state index < -0.39 is 0 Å². The lowest BCUT2D eigenvalue weighted by Gasteiger charge is -2.21. The van der Waals surface area contributed by atoms with Crippen LogP contribution in [0.25, 0.3) is 11.4 Å². The van der Waals surface area contributed by atoms with E-state index in [1.165, 1.54) is 0 Å². The van der Waals surface area contributed by atoms with E-state index in [9.17, 15) is 0 Å². The quantitative estimate of drug-likeness (QED) is 0.880. The third-order valence-corrected chi connectivity index (χ3v) is 3.86. The first-order valence-electron chi connectivity index (χ1n) is 6.11. The van der Waals surface area contributed by atoms with Crippen LogP contribution in [0.4, 0.5) is 0 Å². The number of hydrogen-bond donors (Lipinski definition) is 1. The monoisotopic (exact) mass is 303 g/mol. The van der Waals surface area contributed by atoms with Crippen LogP contribution < -0.4 is 5.73 Å². The minimum Gasteiger partial charge on any atom is -0.324 e. The second kappa shape index (κ2) is 4.78. The first kappa shape index (κ1) is 11.8. The number of hydrogen-bond acceptors (Lipinski definition) is 3. The average Bonchev–Trinajstić information content (AvgIpc) is 2.39. The number of fused-ring (bicyclic) bond motifs is 1. The van der Waals surface area contributed by atoms with E-state index in [2.05, 4.69) is 25.9 Å². The van der Waals surface area contributed by atoms with Gasteiger partial charge in [0.1, 0.15) is 0 Å². The normalized spacial score (nSPS) is 18.4. The van der Waals surface area contributed by atoms with E-state index in [-0.39, 0.29) is 6.04 Å². The fraction of sp³-hybridized carbons (Fsp3) is 0.286. The zero-order chi connectivity index (χ0) is 12.5. The number of nitrogens with two attached hydrogens (primary N) is 1. The second-order valence-electron chi connectivity index (χ2n) is 4.60. The van der Waals surface area contributed by atoms with Gasteiger partial charge >= 0.3 is 0 Å². The summed E-state index contributed by atoms with van der Waals surface area (Å²) in [4.78, 5) is 9.09. The third kappa shape index (κ3) is 2.18. The highest BCUT2D eigenvalue weighted by Gasteiger charge is 2.19. The van der Waals surface area contributed by atoms with Gasteiger partial charge in [-0.15, -0.1) is 0 Å². The smallest absolute Gasteiger partial charge is 0.159 e. The molecule has 0 amide bonds. The van der Waals surface area contributed by atoms with Gasteiger partial charge in [0, 0.05) is 33.5 Å². The molecule has 1 unspecified atom stereocenters. The molecule has 0 saturated heterocycles. The Hall–Kier alpha value is -1.26. The Labute approximate surface area is 115 Å². The number of nitrogens with zero attached hydrogens (tertiary/aromatic N) is 2. The number of aromatic nitrogens is 2. The van der Waals surface area contributed by atoms with E-state index in [0.717, 1.165) is 46.4 Å². The number of halogens is 1. The van der Waals surface area contributed by atoms with Crippen LogP contribution in [0.2, 0.25) is 0 Å². The molecule has 0 fully saturated rings. The highest BCUT2D eigenvalue weighted by atomic mass is 79.9. The molecule has 2 aromatic rings. The maximum absolute atomic E-state index is 6.07. The molecule has 1 atom stereocenters. The molecule has 18 heavy (non-hydrogen) atoms. The highest BCUT2D eigenvalue weighted by molar-refractivity contribution is 9.10. The average molecular weight is 304 g/mol. The highest BCUT2D eigenvalue weighted by Crippen LogP contribution is 2.28. The predicted octanol–water partition coefficient (Wildman–Crippen LogP) is 3.24. The zero-order valence-electron chi connectivity index (χ0n) is 9.94. The Morgan fingerprint density at radius 2 is 2.00 bits per heavy atom. The van der Waals surface area contributed by atoms with Gasteiger partial charge in [0.15, 0.2) is 5.82 Å². The lowest BCUT2D eigenvalue weighted by Crippen LogP contribution is -2.19. The van der Waals surface area contributed by atoms with Gasteiger partial charge in [0.2, 0.25) is 0 Å². The summed E-state index contributed by atoms with van der Waals surface area (Å²) in [7, 11) is 0. The van der Waals surface area contributed by atoms with Crippen molar-refractivity contribution in [2.75, 3.05) is 0 Å². The van der Waals surface area contributed by atoms with Crippen molar-refractivity contribution in [1.82, 2.24) is 9.97 Å². The summed E-state index contributed by atoms with van der Waals surface area (Å²) in [6, 6.07) is 8.16. The van der Waals surface area contributed by atoms with Crippen LogP contribution in [0.1, 0.15) is 30.1 Å². The van der Waals surface area contributed by atoms with Gasteiger partial charge in [-0.3, -0.25) is 0 Å². The van der Waals surface area contributed by atoms with Crippen LogP contribution in [-0.2, 0) is 6.42 Å². The molecule has 2 N–H and O–H groups in total. The topological polar surface area (TPSA) is 51.8 Å². The van der Waals surface area contributed by atoms with E-state index in [4.69, 9.17) is 5.73 Å². The van der Waals surface area contributed by atoms with Crippen LogP contribution in [0.15, 0.2) is 34.9 Å². The van der Waals surface area contributed by atoms with Crippen LogP contribution in [0.3, 0.4) is 0 Å². The van der Waals surface area contributed by atoms with Gasteiger partial charge < -0.3 is 5.73 Å². The van der Waals surface area contributed by atoms with Crippen molar-refractivity contribution >= 4 is 15.9 Å². The SMILES string of the molecule is NC1CCCc2nc(-c3ccc(Br)cc3)ncc21. The molecule has 1 aliphatic rings. The van der Waals surface area contributed by atoms with E-state index in [0.29, 0.717) is 0 Å². The van der Waals surface area contributed by atoms with Crippen molar-refractivity contribution in [3.8, 4) is 11.4 Å². The Kier molecular flexibility index (Phi) is 3.14. The zero-order valence-corrected chi connectivity index (χ0v) is 11.5. The molecular weight excluding hydrogens is 290 g/mol. The summed E-state index contributed by atoms with van der Waals surface area (Å²) >= 11 is 3.43. The van der Waals surface area contributed by atoms with Gasteiger partial charge in [0.05, 0.1) is 0 Å². The first-order valence-corrected chi connectivity index (χ1v) is 6.90. The summed E-state index contributed by atoms with van der Waals surface area (Å²) < 4.78 is 1.06. The molecule has 1 aromatic heterocycles. The van der Waals surface area contributed by atoms with Crippen molar-refractivity contribution in [2.45, 2.75) is 25.3 Å². The van der Waals surface area contributed by atoms with Crippen molar-refractivity contribution in [3.63, 3.8) is 0 Å². The Bertz CT molecular complexity index is 566. The van der Waals surface area contributed by atoms with Crippen molar-refractivity contribution in [1.29, 1.82) is 0 Å². The third-order valence-electron chi connectivity index (χ3n) is 3.33. The van der Waals surface area contributed by atoms with Crippen LogP contribution in [-0.4, -0.2) is 9.97 Å². The van der Waals surface area contributed by atoms with Crippen molar-refractivity contribution < 1.29 is 0 Å². The molecular formula is C14H14BrN3. The van der Waals surface area contributed by atoms with Crippen LogP contribution >= 0.6 is 15.9 Å². The lowest BCUT2D eigenvalue weighted by atomic mass is 9.93. The molecule has 0 bridgehead atoms. The molecule has 1 aromatic carbocycles. The number of aryl methyl sites for hydroxylation is 1. The summed E-state index contributed by atoms with van der Waals surface area (Å²) in [5.41, 5.74) is 9.34. The Balaban J connectivity index is 2.01. The molecule has 1 aliphatic carbocycles. The predicted molar refractivity (Wildman–Crippen MR) is 75.0 cm³/mol. The van der Waals surface area contributed by atoms with Crippen molar-refractivity contribution in [2.24, 2.45) is 5.73 Å². The Morgan fingerprint density at radius 1 is 1.22 bits per heavy atom. The summed E-state index contributed by atoms with van der Waals surface area (Å²) in [5.74, 6) is 0.787. The summed E-state index contributed by atoms with van der Waals surface area (Å²) in [6.07, 6.45) is 5.05. The molecule has 0 saturated carbocycles. The molecule has 1 heterocycles. The maximum Gasteiger partial charge on any atom is 0.159 e. The van der Waals surface area contributed by atoms with Gasteiger partial charge in [-0.2, -0.15) is 0 Å². The van der Waals surface area contributed by atoms with Crippen LogP contribution in [0, 0.1) is 0 Å². The summed E-state index contributed by atoms with van der Waals surface area (Å²) in [6.45, 7) is 0. The maximum atomic E-state index is 6.07. The standard InChI is InChI=1S/C14H14BrN3/c15-10-6-4-9(5-7-10)14-17-8-11-12(16)2-1-3-13(11)18-14/h4-8,12H,1-3,16H2. The van der Waals surface area contributed by atoms with E-state index >= 15 is 0 Å². The molecule has 0 radical (unpaired) electrons. The van der Waals surface area contributed by atoms with Gasteiger partial charge in [-0.1, -0.05) is 28.1 Å².